The van der Waals surface area contributed by atoms with Crippen LogP contribution in [0.15, 0.2) is 18.2 Å². The first kappa shape index (κ1) is 12.4. The molecule has 0 aliphatic carbocycles. The van der Waals surface area contributed by atoms with Crippen LogP contribution in [0.4, 0.5) is 10.1 Å². The molecule has 1 N–H and O–H groups in total. The molecule has 1 aliphatic heterocycles. The molecule has 1 aromatic rings. The number of anilines is 1. The summed E-state index contributed by atoms with van der Waals surface area (Å²) in [5.74, 6) is -1.31. The van der Waals surface area contributed by atoms with Gasteiger partial charge in [0.25, 0.3) is 0 Å². The second-order valence-electron chi connectivity index (χ2n) is 4.36. The molecular formula is C13H13FN2O2. The van der Waals surface area contributed by atoms with Crippen molar-refractivity contribution in [2.75, 3.05) is 11.4 Å². The molecule has 5 heteroatoms. The topological polar surface area (TPSA) is 64.3 Å². The highest BCUT2D eigenvalue weighted by atomic mass is 19.1. The molecule has 4 nitrogen and oxygen atoms in total. The molecule has 0 aromatic heterocycles. The molecule has 1 atom stereocenters. The number of nitrogens with zero attached hydrogens (tertiary/aromatic N) is 2. The molecule has 0 saturated carbocycles. The van der Waals surface area contributed by atoms with Gasteiger partial charge in [0.2, 0.25) is 0 Å². The lowest BCUT2D eigenvalue weighted by molar-refractivity contribution is -0.137. The van der Waals surface area contributed by atoms with E-state index in [-0.39, 0.29) is 18.0 Å². The average Bonchev–Trinajstić information content (AvgIpc) is 2.76. The Labute approximate surface area is 104 Å². The molecule has 1 unspecified atom stereocenters. The van der Waals surface area contributed by atoms with Gasteiger partial charge >= 0.3 is 5.97 Å². The van der Waals surface area contributed by atoms with Crippen molar-refractivity contribution >= 4 is 11.7 Å². The van der Waals surface area contributed by atoms with Crippen LogP contribution in [0, 0.1) is 17.1 Å². The molecule has 2 rings (SSSR count). The number of hydrogen-bond donors (Lipinski definition) is 1. The zero-order valence-corrected chi connectivity index (χ0v) is 9.77. The SMILES string of the molecule is N#Cc1cc(F)ccc1N1CCCC1CC(=O)O. The third-order valence-electron chi connectivity index (χ3n) is 3.18. The Morgan fingerprint density at radius 1 is 1.61 bits per heavy atom. The van der Waals surface area contributed by atoms with Crippen molar-refractivity contribution in [3.8, 4) is 6.07 Å². The first-order valence-electron chi connectivity index (χ1n) is 5.80. The van der Waals surface area contributed by atoms with E-state index in [0.29, 0.717) is 12.2 Å². The Kier molecular flexibility index (Phi) is 3.47. The molecule has 0 bridgehead atoms. The molecule has 94 valence electrons. The van der Waals surface area contributed by atoms with Crippen LogP contribution in [0.2, 0.25) is 0 Å². The van der Waals surface area contributed by atoms with Crippen LogP contribution >= 0.6 is 0 Å². The zero-order chi connectivity index (χ0) is 13.1. The van der Waals surface area contributed by atoms with E-state index < -0.39 is 11.8 Å². The molecule has 18 heavy (non-hydrogen) atoms. The van der Waals surface area contributed by atoms with Gasteiger partial charge in [0.15, 0.2) is 0 Å². The second kappa shape index (κ2) is 5.05. The van der Waals surface area contributed by atoms with E-state index in [4.69, 9.17) is 10.4 Å². The van der Waals surface area contributed by atoms with Crippen LogP contribution in [0.5, 0.6) is 0 Å². The Balaban J connectivity index is 2.30. The van der Waals surface area contributed by atoms with Gasteiger partial charge in [0.1, 0.15) is 11.9 Å². The highest BCUT2D eigenvalue weighted by molar-refractivity contribution is 5.69. The lowest BCUT2D eigenvalue weighted by Crippen LogP contribution is -2.31. The fourth-order valence-corrected chi connectivity index (χ4v) is 2.41. The molecule has 1 aromatic carbocycles. The van der Waals surface area contributed by atoms with Gasteiger partial charge in [0, 0.05) is 12.6 Å². The summed E-state index contributed by atoms with van der Waals surface area (Å²) in [4.78, 5) is 12.7. The van der Waals surface area contributed by atoms with Crippen molar-refractivity contribution in [3.05, 3.63) is 29.6 Å². The maximum atomic E-state index is 13.1. The first-order valence-corrected chi connectivity index (χ1v) is 5.80. The van der Waals surface area contributed by atoms with Crippen LogP contribution in [0.3, 0.4) is 0 Å². The number of halogens is 1. The average molecular weight is 248 g/mol. The lowest BCUT2D eigenvalue weighted by Gasteiger charge is -2.26. The fraction of sp³-hybridized carbons (Fsp3) is 0.385. The molecule has 1 heterocycles. The quantitative estimate of drug-likeness (QED) is 0.890. The third-order valence-corrected chi connectivity index (χ3v) is 3.18. The van der Waals surface area contributed by atoms with Crippen LogP contribution in [-0.4, -0.2) is 23.7 Å². The van der Waals surface area contributed by atoms with E-state index in [1.54, 1.807) is 6.07 Å². The number of benzene rings is 1. The molecule has 0 spiro atoms. The van der Waals surface area contributed by atoms with Crippen LogP contribution in [0.1, 0.15) is 24.8 Å². The second-order valence-corrected chi connectivity index (χ2v) is 4.36. The normalized spacial score (nSPS) is 18.7. The van der Waals surface area contributed by atoms with Gasteiger partial charge in [-0.3, -0.25) is 4.79 Å². The van der Waals surface area contributed by atoms with Crippen molar-refractivity contribution in [1.82, 2.24) is 0 Å². The number of carboxylic acids is 1. The molecule has 1 saturated heterocycles. The van der Waals surface area contributed by atoms with Crippen LogP contribution in [0.25, 0.3) is 0 Å². The van der Waals surface area contributed by atoms with E-state index in [0.717, 1.165) is 12.8 Å². The summed E-state index contributed by atoms with van der Waals surface area (Å²) < 4.78 is 13.1. The van der Waals surface area contributed by atoms with Gasteiger partial charge in [-0.05, 0) is 31.0 Å². The summed E-state index contributed by atoms with van der Waals surface area (Å²) in [6.07, 6.45) is 1.72. The Bertz CT molecular complexity index is 510. The van der Waals surface area contributed by atoms with E-state index in [2.05, 4.69) is 0 Å². The summed E-state index contributed by atoms with van der Waals surface area (Å²) in [5.41, 5.74) is 0.884. The maximum absolute atomic E-state index is 13.1. The first-order chi connectivity index (χ1) is 8.61. The third kappa shape index (κ3) is 2.43. The van der Waals surface area contributed by atoms with Gasteiger partial charge in [-0.15, -0.1) is 0 Å². The summed E-state index contributed by atoms with van der Waals surface area (Å²) >= 11 is 0. The minimum absolute atomic E-state index is 0.0439. The molecule has 0 radical (unpaired) electrons. The van der Waals surface area contributed by atoms with Crippen LogP contribution < -0.4 is 4.90 Å². The Hall–Kier alpha value is -2.09. The van der Waals surface area contributed by atoms with Crippen molar-refractivity contribution in [2.45, 2.75) is 25.3 Å². The van der Waals surface area contributed by atoms with Crippen molar-refractivity contribution in [3.63, 3.8) is 0 Å². The fourth-order valence-electron chi connectivity index (χ4n) is 2.41. The number of carboxylic acid groups (broad SMARTS) is 1. The van der Waals surface area contributed by atoms with E-state index in [1.807, 2.05) is 11.0 Å². The van der Waals surface area contributed by atoms with Gasteiger partial charge in [-0.2, -0.15) is 5.26 Å². The number of hydrogen-bond acceptors (Lipinski definition) is 3. The minimum atomic E-state index is -0.854. The van der Waals surface area contributed by atoms with Gasteiger partial charge in [-0.1, -0.05) is 0 Å². The molecule has 0 amide bonds. The van der Waals surface area contributed by atoms with Gasteiger partial charge in [-0.25, -0.2) is 4.39 Å². The number of rotatable bonds is 3. The Morgan fingerprint density at radius 2 is 2.39 bits per heavy atom. The van der Waals surface area contributed by atoms with E-state index in [1.165, 1.54) is 12.1 Å². The van der Waals surface area contributed by atoms with Crippen molar-refractivity contribution < 1.29 is 14.3 Å². The molecule has 1 aliphatic rings. The Morgan fingerprint density at radius 3 is 3.06 bits per heavy atom. The van der Waals surface area contributed by atoms with Crippen LogP contribution in [-0.2, 0) is 4.79 Å². The minimum Gasteiger partial charge on any atom is -0.481 e. The van der Waals surface area contributed by atoms with Crippen molar-refractivity contribution in [1.29, 1.82) is 5.26 Å². The number of carbonyl (C=O) groups is 1. The van der Waals surface area contributed by atoms with E-state index in [9.17, 15) is 9.18 Å². The van der Waals surface area contributed by atoms with Gasteiger partial charge < -0.3 is 10.0 Å². The number of aliphatic carboxylic acids is 1. The summed E-state index contributed by atoms with van der Waals surface area (Å²) in [5, 5.41) is 17.9. The summed E-state index contributed by atoms with van der Waals surface area (Å²) in [6.45, 7) is 0.707. The number of nitriles is 1. The summed E-state index contributed by atoms with van der Waals surface area (Å²) in [7, 11) is 0. The molecule has 1 fully saturated rings. The lowest BCUT2D eigenvalue weighted by atomic mass is 10.1. The monoisotopic (exact) mass is 248 g/mol. The highest BCUT2D eigenvalue weighted by Gasteiger charge is 2.28. The van der Waals surface area contributed by atoms with E-state index >= 15 is 0 Å². The maximum Gasteiger partial charge on any atom is 0.305 e. The smallest absolute Gasteiger partial charge is 0.305 e. The van der Waals surface area contributed by atoms with Crippen molar-refractivity contribution in [2.24, 2.45) is 0 Å². The molecular weight excluding hydrogens is 235 g/mol. The van der Waals surface area contributed by atoms with Gasteiger partial charge in [0.05, 0.1) is 17.7 Å². The largest absolute Gasteiger partial charge is 0.481 e. The summed E-state index contributed by atoms with van der Waals surface area (Å²) in [6, 6.07) is 5.88. The standard InChI is InChI=1S/C13H13FN2O2/c14-10-3-4-12(9(6-10)8-15)16-5-1-2-11(16)7-13(17)18/h3-4,6,11H,1-2,5,7H2,(H,17,18). The zero-order valence-electron chi connectivity index (χ0n) is 9.77. The predicted octanol–water partition coefficient (Wildman–Crippen LogP) is 2.14. The predicted molar refractivity (Wildman–Crippen MR) is 63.7 cm³/mol. The highest BCUT2D eigenvalue weighted by Crippen LogP contribution is 2.30.